The highest BCUT2D eigenvalue weighted by molar-refractivity contribution is 6.41. The average molecular weight is 321 g/mol. The van der Waals surface area contributed by atoms with Gasteiger partial charge >= 0.3 is 0 Å². The number of fused-ring (bicyclic) bond motifs is 1. The van der Waals surface area contributed by atoms with Gasteiger partial charge in [0.25, 0.3) is 0 Å². The topological polar surface area (TPSA) is 25.8 Å². The van der Waals surface area contributed by atoms with E-state index in [1.54, 1.807) is 12.1 Å². The molecule has 106 valence electrons. The molecule has 0 amide bonds. The van der Waals surface area contributed by atoms with Crippen LogP contribution in [0.1, 0.15) is 11.1 Å². The zero-order valence-corrected chi connectivity index (χ0v) is 12.9. The Labute approximate surface area is 131 Å². The summed E-state index contributed by atoms with van der Waals surface area (Å²) in [7, 11) is 0. The van der Waals surface area contributed by atoms with Crippen molar-refractivity contribution in [1.82, 2.24) is 9.97 Å². The average Bonchev–Trinajstić information content (AvgIpc) is 2.45. The molecule has 0 unspecified atom stereocenters. The minimum atomic E-state index is -0.335. The second kappa shape index (κ2) is 5.24. The van der Waals surface area contributed by atoms with Crippen molar-refractivity contribution in [2.45, 2.75) is 13.8 Å². The summed E-state index contributed by atoms with van der Waals surface area (Å²) < 4.78 is 13.5. The van der Waals surface area contributed by atoms with E-state index >= 15 is 0 Å². The van der Waals surface area contributed by atoms with Crippen molar-refractivity contribution >= 4 is 34.1 Å². The van der Waals surface area contributed by atoms with Gasteiger partial charge in [-0.15, -0.1) is 0 Å². The molecule has 3 rings (SSSR count). The fourth-order valence-electron chi connectivity index (χ4n) is 2.25. The summed E-state index contributed by atoms with van der Waals surface area (Å²) in [6, 6.07) is 8.14. The molecule has 0 saturated carbocycles. The van der Waals surface area contributed by atoms with Gasteiger partial charge in [0.2, 0.25) is 0 Å². The Kier molecular flexibility index (Phi) is 3.56. The molecule has 2 nitrogen and oxygen atoms in total. The summed E-state index contributed by atoms with van der Waals surface area (Å²) in [6.45, 7) is 3.80. The Morgan fingerprint density at radius 3 is 2.43 bits per heavy atom. The molecular weight excluding hydrogens is 310 g/mol. The fourth-order valence-corrected chi connectivity index (χ4v) is 2.81. The fraction of sp³-hybridized carbons (Fsp3) is 0.125. The molecule has 3 aromatic rings. The normalized spacial score (nSPS) is 11.1. The predicted molar refractivity (Wildman–Crippen MR) is 84.4 cm³/mol. The standard InChI is InChI=1S/C16H11Cl2FN2/c1-8-3-5-10(19)7-11(8)16-20-14-9(2)4-6-12(17)13(14)15(18)21-16/h3-7H,1-2H3. The lowest BCUT2D eigenvalue weighted by atomic mass is 10.1. The molecule has 21 heavy (non-hydrogen) atoms. The first-order valence-electron chi connectivity index (χ1n) is 6.36. The van der Waals surface area contributed by atoms with Gasteiger partial charge in [-0.05, 0) is 43.2 Å². The number of hydrogen-bond donors (Lipinski definition) is 0. The molecule has 0 N–H and O–H groups in total. The van der Waals surface area contributed by atoms with Crippen molar-refractivity contribution in [3.8, 4) is 11.4 Å². The first-order chi connectivity index (χ1) is 9.97. The number of halogens is 3. The zero-order chi connectivity index (χ0) is 15.1. The van der Waals surface area contributed by atoms with Crippen LogP contribution in [-0.4, -0.2) is 9.97 Å². The van der Waals surface area contributed by atoms with Crippen LogP contribution in [0.5, 0.6) is 0 Å². The molecule has 0 atom stereocenters. The second-order valence-corrected chi connectivity index (χ2v) is 5.65. The molecule has 0 fully saturated rings. The Balaban J connectivity index is 2.35. The number of benzene rings is 2. The van der Waals surface area contributed by atoms with E-state index in [9.17, 15) is 4.39 Å². The maximum atomic E-state index is 13.5. The van der Waals surface area contributed by atoms with Crippen LogP contribution in [-0.2, 0) is 0 Å². The third-order valence-electron chi connectivity index (χ3n) is 3.40. The van der Waals surface area contributed by atoms with Crippen molar-refractivity contribution in [3.63, 3.8) is 0 Å². The molecule has 0 aliphatic rings. The number of aromatic nitrogens is 2. The lowest BCUT2D eigenvalue weighted by molar-refractivity contribution is 0.628. The quantitative estimate of drug-likeness (QED) is 0.564. The molecule has 5 heteroatoms. The molecule has 0 saturated heterocycles. The highest BCUT2D eigenvalue weighted by Gasteiger charge is 2.14. The summed E-state index contributed by atoms with van der Waals surface area (Å²) in [4.78, 5) is 8.80. The van der Waals surface area contributed by atoms with Gasteiger partial charge < -0.3 is 0 Å². The monoisotopic (exact) mass is 320 g/mol. The van der Waals surface area contributed by atoms with Gasteiger partial charge in [-0.1, -0.05) is 35.3 Å². The number of hydrogen-bond acceptors (Lipinski definition) is 2. The summed E-state index contributed by atoms with van der Waals surface area (Å²) >= 11 is 12.4. The van der Waals surface area contributed by atoms with Gasteiger partial charge in [0, 0.05) is 5.56 Å². The van der Waals surface area contributed by atoms with E-state index in [0.29, 0.717) is 27.3 Å². The number of nitrogens with zero attached hydrogens (tertiary/aromatic N) is 2. The summed E-state index contributed by atoms with van der Waals surface area (Å²) in [5.41, 5.74) is 3.12. The van der Waals surface area contributed by atoms with E-state index in [1.165, 1.54) is 12.1 Å². The van der Waals surface area contributed by atoms with Gasteiger partial charge in [-0.25, -0.2) is 14.4 Å². The van der Waals surface area contributed by atoms with Gasteiger partial charge in [0.05, 0.1) is 15.9 Å². The third-order valence-corrected chi connectivity index (χ3v) is 3.99. The van der Waals surface area contributed by atoms with Crippen molar-refractivity contribution in [2.24, 2.45) is 0 Å². The highest BCUT2D eigenvalue weighted by Crippen LogP contribution is 2.33. The van der Waals surface area contributed by atoms with Crippen LogP contribution in [0.25, 0.3) is 22.3 Å². The largest absolute Gasteiger partial charge is 0.228 e. The lowest BCUT2D eigenvalue weighted by Crippen LogP contribution is -1.96. The first kappa shape index (κ1) is 14.2. The molecule has 0 aliphatic carbocycles. The Morgan fingerprint density at radius 2 is 1.67 bits per heavy atom. The smallest absolute Gasteiger partial charge is 0.161 e. The Morgan fingerprint density at radius 1 is 0.952 bits per heavy atom. The third kappa shape index (κ3) is 2.47. The minimum Gasteiger partial charge on any atom is -0.228 e. The molecule has 0 aliphatic heterocycles. The molecule has 1 heterocycles. The molecule has 0 spiro atoms. The van der Waals surface area contributed by atoms with Gasteiger partial charge in [0.15, 0.2) is 5.82 Å². The van der Waals surface area contributed by atoms with E-state index in [4.69, 9.17) is 23.2 Å². The van der Waals surface area contributed by atoms with E-state index in [1.807, 2.05) is 19.9 Å². The van der Waals surface area contributed by atoms with Crippen LogP contribution < -0.4 is 0 Å². The molecule has 1 aromatic heterocycles. The van der Waals surface area contributed by atoms with Gasteiger partial charge in [0.1, 0.15) is 11.0 Å². The SMILES string of the molecule is Cc1ccc(F)cc1-c1nc(Cl)c2c(Cl)ccc(C)c2n1. The Bertz CT molecular complexity index is 863. The van der Waals surface area contributed by atoms with Crippen molar-refractivity contribution in [1.29, 1.82) is 0 Å². The lowest BCUT2D eigenvalue weighted by Gasteiger charge is -2.10. The maximum absolute atomic E-state index is 13.5. The van der Waals surface area contributed by atoms with Crippen molar-refractivity contribution in [3.05, 3.63) is 57.5 Å². The number of rotatable bonds is 1. The van der Waals surface area contributed by atoms with E-state index < -0.39 is 0 Å². The second-order valence-electron chi connectivity index (χ2n) is 4.89. The summed E-state index contributed by atoms with van der Waals surface area (Å²) in [5, 5.41) is 1.40. The first-order valence-corrected chi connectivity index (χ1v) is 7.12. The van der Waals surface area contributed by atoms with E-state index in [-0.39, 0.29) is 11.0 Å². The van der Waals surface area contributed by atoms with Crippen LogP contribution in [0.4, 0.5) is 4.39 Å². The zero-order valence-electron chi connectivity index (χ0n) is 11.4. The Hall–Kier alpha value is -1.71. The highest BCUT2D eigenvalue weighted by atomic mass is 35.5. The van der Waals surface area contributed by atoms with Crippen LogP contribution in [0.15, 0.2) is 30.3 Å². The minimum absolute atomic E-state index is 0.271. The number of aryl methyl sites for hydroxylation is 2. The van der Waals surface area contributed by atoms with Crippen LogP contribution in [0.3, 0.4) is 0 Å². The van der Waals surface area contributed by atoms with E-state index in [2.05, 4.69) is 9.97 Å². The van der Waals surface area contributed by atoms with Crippen LogP contribution >= 0.6 is 23.2 Å². The van der Waals surface area contributed by atoms with Gasteiger partial charge in [-0.2, -0.15) is 0 Å². The maximum Gasteiger partial charge on any atom is 0.161 e. The van der Waals surface area contributed by atoms with Crippen molar-refractivity contribution in [2.75, 3.05) is 0 Å². The molecule has 0 radical (unpaired) electrons. The molecule has 0 bridgehead atoms. The van der Waals surface area contributed by atoms with E-state index in [0.717, 1.165) is 11.1 Å². The summed E-state index contributed by atoms with van der Waals surface area (Å²) in [5.74, 6) is 0.0631. The van der Waals surface area contributed by atoms with Gasteiger partial charge in [-0.3, -0.25) is 0 Å². The molecule has 2 aromatic carbocycles. The predicted octanol–water partition coefficient (Wildman–Crippen LogP) is 5.36. The summed E-state index contributed by atoms with van der Waals surface area (Å²) in [6.07, 6.45) is 0. The van der Waals surface area contributed by atoms with Crippen LogP contribution in [0.2, 0.25) is 10.2 Å². The van der Waals surface area contributed by atoms with Crippen molar-refractivity contribution < 1.29 is 4.39 Å². The van der Waals surface area contributed by atoms with Crippen LogP contribution in [0, 0.1) is 19.7 Å². The molecular formula is C16H11Cl2FN2.